The summed E-state index contributed by atoms with van der Waals surface area (Å²) >= 11 is 0. The molecule has 9 nitrogen and oxygen atoms in total. The summed E-state index contributed by atoms with van der Waals surface area (Å²) < 4.78 is 1.55. The van der Waals surface area contributed by atoms with Gasteiger partial charge in [-0.15, -0.1) is 5.10 Å². The van der Waals surface area contributed by atoms with E-state index in [9.17, 15) is 14.4 Å². The van der Waals surface area contributed by atoms with Crippen molar-refractivity contribution in [3.05, 3.63) is 59.7 Å². The molecular formula is C19H16N6O3. The molecule has 2 heterocycles. The number of aromatic nitrogens is 4. The SMILES string of the molecule is Cn1nnnc1-c1ccc(NC(=O)CCN2C(=O)c3ccccc3C2=O)cc1. The second-order valence-electron chi connectivity index (χ2n) is 6.31. The number of carbonyl (C=O) groups is 3. The quantitative estimate of drug-likeness (QED) is 0.676. The molecule has 28 heavy (non-hydrogen) atoms. The van der Waals surface area contributed by atoms with Crippen LogP contribution in [0.4, 0.5) is 5.69 Å². The van der Waals surface area contributed by atoms with Crippen molar-refractivity contribution < 1.29 is 14.4 Å². The zero-order valence-electron chi connectivity index (χ0n) is 15.0. The summed E-state index contributed by atoms with van der Waals surface area (Å²) in [6, 6.07) is 13.7. The molecule has 0 saturated heterocycles. The van der Waals surface area contributed by atoms with Crippen LogP contribution in [0, 0.1) is 0 Å². The summed E-state index contributed by atoms with van der Waals surface area (Å²) in [5, 5.41) is 14.1. The minimum atomic E-state index is -0.366. The highest BCUT2D eigenvalue weighted by molar-refractivity contribution is 6.21. The van der Waals surface area contributed by atoms with Crippen molar-refractivity contribution in [3.8, 4) is 11.4 Å². The van der Waals surface area contributed by atoms with Gasteiger partial charge in [0.1, 0.15) is 0 Å². The summed E-state index contributed by atoms with van der Waals surface area (Å²) in [6.07, 6.45) is 0.0143. The van der Waals surface area contributed by atoms with Gasteiger partial charge in [0.25, 0.3) is 11.8 Å². The molecule has 1 aromatic heterocycles. The van der Waals surface area contributed by atoms with Crippen LogP contribution in [0.5, 0.6) is 0 Å². The number of tetrazole rings is 1. The molecule has 1 N–H and O–H groups in total. The molecule has 0 bridgehead atoms. The number of hydrogen-bond donors (Lipinski definition) is 1. The van der Waals surface area contributed by atoms with E-state index in [2.05, 4.69) is 20.8 Å². The fourth-order valence-electron chi connectivity index (χ4n) is 3.06. The zero-order valence-corrected chi connectivity index (χ0v) is 15.0. The highest BCUT2D eigenvalue weighted by atomic mass is 16.2. The van der Waals surface area contributed by atoms with Crippen LogP contribution in [0.1, 0.15) is 27.1 Å². The first-order valence-electron chi connectivity index (χ1n) is 8.62. The number of rotatable bonds is 5. The van der Waals surface area contributed by atoms with Crippen LogP contribution in [0.15, 0.2) is 48.5 Å². The maximum absolute atomic E-state index is 12.3. The van der Waals surface area contributed by atoms with Crippen molar-refractivity contribution in [3.63, 3.8) is 0 Å². The Hall–Kier alpha value is -3.88. The van der Waals surface area contributed by atoms with E-state index in [1.807, 2.05) is 0 Å². The molecule has 0 unspecified atom stereocenters. The molecule has 0 spiro atoms. The number of anilines is 1. The highest BCUT2D eigenvalue weighted by Gasteiger charge is 2.34. The Kier molecular flexibility index (Phi) is 4.40. The topological polar surface area (TPSA) is 110 Å². The van der Waals surface area contributed by atoms with E-state index < -0.39 is 0 Å². The summed E-state index contributed by atoms with van der Waals surface area (Å²) in [5.41, 5.74) is 2.17. The molecular weight excluding hydrogens is 360 g/mol. The van der Waals surface area contributed by atoms with Gasteiger partial charge < -0.3 is 5.32 Å². The smallest absolute Gasteiger partial charge is 0.261 e. The first-order valence-corrected chi connectivity index (χ1v) is 8.62. The van der Waals surface area contributed by atoms with E-state index in [-0.39, 0.29) is 30.7 Å². The predicted octanol–water partition coefficient (Wildman–Crippen LogP) is 1.50. The molecule has 3 aromatic rings. The lowest BCUT2D eigenvalue weighted by Crippen LogP contribution is -2.32. The Labute approximate surface area is 160 Å². The summed E-state index contributed by atoms with van der Waals surface area (Å²) in [4.78, 5) is 38.0. The number of nitrogens with one attached hydrogen (secondary N) is 1. The van der Waals surface area contributed by atoms with Crippen molar-refractivity contribution in [2.24, 2.45) is 7.05 Å². The van der Waals surface area contributed by atoms with Crippen LogP contribution in [-0.4, -0.2) is 49.4 Å². The Bertz CT molecular complexity index is 1040. The average Bonchev–Trinajstić information content (AvgIpc) is 3.23. The number of imide groups is 1. The van der Waals surface area contributed by atoms with Crippen molar-refractivity contribution >= 4 is 23.4 Å². The fourth-order valence-corrected chi connectivity index (χ4v) is 3.06. The third kappa shape index (κ3) is 3.13. The number of benzene rings is 2. The lowest BCUT2D eigenvalue weighted by atomic mass is 10.1. The standard InChI is InChI=1S/C19H16N6O3/c1-24-17(21-22-23-24)12-6-8-13(9-7-12)20-16(26)10-11-25-18(27)14-4-2-3-5-15(14)19(25)28/h2-9H,10-11H2,1H3,(H,20,26). The summed E-state index contributed by atoms with van der Waals surface area (Å²) in [6.45, 7) is 0.0286. The van der Waals surface area contributed by atoms with Gasteiger partial charge >= 0.3 is 0 Å². The van der Waals surface area contributed by atoms with Gasteiger partial charge in [-0.1, -0.05) is 12.1 Å². The molecule has 140 valence electrons. The third-order valence-corrected chi connectivity index (χ3v) is 4.49. The molecule has 3 amide bonds. The molecule has 1 aliphatic rings. The van der Waals surface area contributed by atoms with E-state index in [1.54, 1.807) is 60.3 Å². The molecule has 0 atom stereocenters. The maximum atomic E-state index is 12.3. The molecule has 1 aliphatic heterocycles. The molecule has 2 aromatic carbocycles. The van der Waals surface area contributed by atoms with Gasteiger partial charge in [0.15, 0.2) is 5.82 Å². The number of aryl methyl sites for hydroxylation is 1. The van der Waals surface area contributed by atoms with Crippen molar-refractivity contribution in [2.45, 2.75) is 6.42 Å². The second-order valence-corrected chi connectivity index (χ2v) is 6.31. The van der Waals surface area contributed by atoms with Crippen LogP contribution in [0.2, 0.25) is 0 Å². The number of fused-ring (bicyclic) bond motifs is 1. The normalized spacial score (nSPS) is 13.0. The van der Waals surface area contributed by atoms with Gasteiger partial charge in [0.05, 0.1) is 11.1 Å². The van der Waals surface area contributed by atoms with Gasteiger partial charge in [-0.25, -0.2) is 4.68 Å². The number of nitrogens with zero attached hydrogens (tertiary/aromatic N) is 5. The monoisotopic (exact) mass is 376 g/mol. The third-order valence-electron chi connectivity index (χ3n) is 4.49. The predicted molar refractivity (Wildman–Crippen MR) is 99.3 cm³/mol. The van der Waals surface area contributed by atoms with E-state index in [1.165, 1.54) is 0 Å². The van der Waals surface area contributed by atoms with Gasteiger partial charge in [0.2, 0.25) is 5.91 Å². The van der Waals surface area contributed by atoms with Crippen LogP contribution in [0.25, 0.3) is 11.4 Å². The minimum absolute atomic E-state index is 0.0143. The number of amides is 3. The first-order chi connectivity index (χ1) is 13.5. The molecule has 0 saturated carbocycles. The van der Waals surface area contributed by atoms with Crippen molar-refractivity contribution in [1.29, 1.82) is 0 Å². The Balaban J connectivity index is 1.36. The van der Waals surface area contributed by atoms with Crippen LogP contribution in [0.3, 0.4) is 0 Å². The molecule has 4 rings (SSSR count). The Morgan fingerprint density at radius 2 is 1.64 bits per heavy atom. The van der Waals surface area contributed by atoms with E-state index in [4.69, 9.17) is 0 Å². The largest absolute Gasteiger partial charge is 0.326 e. The van der Waals surface area contributed by atoms with Crippen LogP contribution in [-0.2, 0) is 11.8 Å². The Morgan fingerprint density at radius 1 is 1.00 bits per heavy atom. The van der Waals surface area contributed by atoms with Gasteiger partial charge in [-0.3, -0.25) is 19.3 Å². The lowest BCUT2D eigenvalue weighted by Gasteiger charge is -2.13. The van der Waals surface area contributed by atoms with E-state index in [0.717, 1.165) is 10.5 Å². The zero-order chi connectivity index (χ0) is 19.7. The minimum Gasteiger partial charge on any atom is -0.326 e. The average molecular weight is 376 g/mol. The van der Waals surface area contributed by atoms with E-state index >= 15 is 0 Å². The van der Waals surface area contributed by atoms with Crippen molar-refractivity contribution in [2.75, 3.05) is 11.9 Å². The summed E-state index contributed by atoms with van der Waals surface area (Å²) in [7, 11) is 1.74. The number of carbonyl (C=O) groups excluding carboxylic acids is 3. The van der Waals surface area contributed by atoms with Gasteiger partial charge in [-0.05, 0) is 46.8 Å². The maximum Gasteiger partial charge on any atom is 0.261 e. The van der Waals surface area contributed by atoms with Crippen molar-refractivity contribution in [1.82, 2.24) is 25.1 Å². The molecule has 0 fully saturated rings. The highest BCUT2D eigenvalue weighted by Crippen LogP contribution is 2.23. The number of hydrogen-bond acceptors (Lipinski definition) is 6. The second kappa shape index (κ2) is 7.03. The van der Waals surface area contributed by atoms with Crippen LogP contribution >= 0.6 is 0 Å². The van der Waals surface area contributed by atoms with Gasteiger partial charge in [0, 0.05) is 31.3 Å². The van der Waals surface area contributed by atoms with Gasteiger partial charge in [-0.2, -0.15) is 0 Å². The first kappa shape index (κ1) is 17.5. The summed E-state index contributed by atoms with van der Waals surface area (Å²) in [5.74, 6) is -0.404. The molecule has 9 heteroatoms. The fraction of sp³-hybridized carbons (Fsp3) is 0.158. The van der Waals surface area contributed by atoms with E-state index in [0.29, 0.717) is 22.6 Å². The molecule has 0 radical (unpaired) electrons. The van der Waals surface area contributed by atoms with Crippen LogP contribution < -0.4 is 5.32 Å². The lowest BCUT2D eigenvalue weighted by molar-refractivity contribution is -0.116. The Morgan fingerprint density at radius 3 is 2.21 bits per heavy atom. The molecule has 0 aliphatic carbocycles.